The molecule has 5 heteroatoms. The third-order valence-electron chi connectivity index (χ3n) is 6.22. The molecule has 0 aromatic heterocycles. The van der Waals surface area contributed by atoms with E-state index in [0.717, 1.165) is 44.3 Å². The normalized spacial score (nSPS) is 24.2. The average molecular weight is 386 g/mol. The average Bonchev–Trinajstić information content (AvgIpc) is 2.66. The predicted octanol–water partition coefficient (Wildman–Crippen LogP) is 3.04. The number of rotatable bonds is 5. The van der Waals surface area contributed by atoms with E-state index in [1.807, 2.05) is 4.90 Å². The van der Waals surface area contributed by atoms with Gasteiger partial charge in [0.15, 0.2) is 0 Å². The number of nitrogens with one attached hydrogen (secondary N) is 1. The number of hydrogen-bond donors (Lipinski definition) is 1. The van der Waals surface area contributed by atoms with E-state index in [1.165, 1.54) is 17.5 Å². The molecule has 1 aromatic carbocycles. The Labute approximate surface area is 169 Å². The van der Waals surface area contributed by atoms with Gasteiger partial charge in [-0.2, -0.15) is 0 Å². The highest BCUT2D eigenvalue weighted by Gasteiger charge is 2.26. The highest BCUT2D eigenvalue weighted by molar-refractivity contribution is 5.79. The van der Waals surface area contributed by atoms with Crippen molar-refractivity contribution in [1.82, 2.24) is 15.1 Å². The maximum atomic E-state index is 12.6. The van der Waals surface area contributed by atoms with Gasteiger partial charge in [-0.25, -0.2) is 0 Å². The first-order valence-electron chi connectivity index (χ1n) is 10.7. The number of piperidine rings is 2. The minimum Gasteiger partial charge on any atom is -0.352 e. The van der Waals surface area contributed by atoms with Gasteiger partial charge in [-0.15, -0.1) is 0 Å². The van der Waals surface area contributed by atoms with Crippen LogP contribution in [0.2, 0.25) is 0 Å². The Morgan fingerprint density at radius 3 is 2.25 bits per heavy atom. The van der Waals surface area contributed by atoms with Crippen LogP contribution in [0.4, 0.5) is 0 Å². The molecule has 2 atom stereocenters. The third kappa shape index (κ3) is 5.57. The van der Waals surface area contributed by atoms with Crippen molar-refractivity contribution in [1.29, 1.82) is 0 Å². The minimum atomic E-state index is 0.0200. The molecular weight excluding hydrogens is 350 g/mol. The van der Waals surface area contributed by atoms with Crippen LogP contribution in [0.1, 0.15) is 51.2 Å². The van der Waals surface area contributed by atoms with Gasteiger partial charge < -0.3 is 10.2 Å². The topological polar surface area (TPSA) is 52.7 Å². The Kier molecular flexibility index (Phi) is 7.11. The first-order chi connectivity index (χ1) is 13.4. The Hall–Kier alpha value is -1.88. The number of carbonyl (C=O) groups is 2. The summed E-state index contributed by atoms with van der Waals surface area (Å²) >= 11 is 0. The van der Waals surface area contributed by atoms with Crippen molar-refractivity contribution < 1.29 is 9.59 Å². The van der Waals surface area contributed by atoms with Gasteiger partial charge in [0, 0.05) is 52.1 Å². The molecule has 2 saturated heterocycles. The second-order valence-electron chi connectivity index (χ2n) is 8.91. The van der Waals surface area contributed by atoms with Crippen LogP contribution in [-0.4, -0.2) is 47.8 Å². The first-order valence-corrected chi connectivity index (χ1v) is 10.7. The van der Waals surface area contributed by atoms with E-state index in [9.17, 15) is 9.59 Å². The van der Waals surface area contributed by atoms with Gasteiger partial charge in [-0.05, 0) is 42.2 Å². The molecule has 2 unspecified atom stereocenters. The summed E-state index contributed by atoms with van der Waals surface area (Å²) in [6, 6.07) is 8.47. The zero-order chi connectivity index (χ0) is 20.1. The summed E-state index contributed by atoms with van der Waals surface area (Å²) in [6.45, 7) is 11.5. The molecule has 1 N–H and O–H groups in total. The maximum absolute atomic E-state index is 12.6. The molecule has 2 heterocycles. The van der Waals surface area contributed by atoms with Crippen LogP contribution in [0, 0.1) is 17.8 Å². The van der Waals surface area contributed by atoms with Gasteiger partial charge in [-0.1, -0.05) is 38.1 Å². The second kappa shape index (κ2) is 9.55. The number of amides is 2. The van der Waals surface area contributed by atoms with E-state index in [2.05, 4.69) is 48.3 Å². The van der Waals surface area contributed by atoms with Gasteiger partial charge in [-0.3, -0.25) is 14.5 Å². The molecule has 2 aliphatic rings. The van der Waals surface area contributed by atoms with Gasteiger partial charge >= 0.3 is 0 Å². The minimum absolute atomic E-state index is 0.0200. The standard InChI is InChI=1S/C23H35N3O2/c1-17-12-18(2)15-25(14-17)16-22-7-5-4-6-21(22)13-24-23(28)20-8-10-26(11-9-20)19(3)27/h4-7,17-18,20H,8-16H2,1-3H3,(H,24,28). The van der Waals surface area contributed by atoms with Crippen molar-refractivity contribution in [2.75, 3.05) is 26.2 Å². The third-order valence-corrected chi connectivity index (χ3v) is 6.22. The highest BCUT2D eigenvalue weighted by atomic mass is 16.2. The van der Waals surface area contributed by atoms with Crippen LogP contribution in [0.25, 0.3) is 0 Å². The van der Waals surface area contributed by atoms with Crippen molar-refractivity contribution in [2.45, 2.75) is 53.1 Å². The molecular formula is C23H35N3O2. The van der Waals surface area contributed by atoms with Crippen molar-refractivity contribution in [3.63, 3.8) is 0 Å². The van der Waals surface area contributed by atoms with Gasteiger partial charge in [0.25, 0.3) is 0 Å². The molecule has 5 nitrogen and oxygen atoms in total. The molecule has 154 valence electrons. The maximum Gasteiger partial charge on any atom is 0.223 e. The monoisotopic (exact) mass is 385 g/mol. The van der Waals surface area contributed by atoms with E-state index >= 15 is 0 Å². The molecule has 0 radical (unpaired) electrons. The lowest BCUT2D eigenvalue weighted by molar-refractivity contribution is -0.134. The predicted molar refractivity (Wildman–Crippen MR) is 111 cm³/mol. The van der Waals surface area contributed by atoms with Crippen LogP contribution in [0.15, 0.2) is 24.3 Å². The largest absolute Gasteiger partial charge is 0.352 e. The molecule has 2 fully saturated rings. The smallest absolute Gasteiger partial charge is 0.223 e. The van der Waals surface area contributed by atoms with Crippen LogP contribution >= 0.6 is 0 Å². The van der Waals surface area contributed by atoms with Gasteiger partial charge in [0.05, 0.1) is 0 Å². The Balaban J connectivity index is 1.53. The SMILES string of the molecule is CC(=O)N1CCC(C(=O)NCc2ccccc2CN2CC(C)CC(C)C2)CC1. The summed E-state index contributed by atoms with van der Waals surface area (Å²) in [4.78, 5) is 28.4. The molecule has 0 bridgehead atoms. The summed E-state index contributed by atoms with van der Waals surface area (Å²) in [6.07, 6.45) is 2.84. The lowest BCUT2D eigenvalue weighted by Gasteiger charge is -2.35. The lowest BCUT2D eigenvalue weighted by Crippen LogP contribution is -2.42. The summed E-state index contributed by atoms with van der Waals surface area (Å²) in [5, 5.41) is 3.15. The zero-order valence-corrected chi connectivity index (χ0v) is 17.6. The summed E-state index contributed by atoms with van der Waals surface area (Å²) in [5.74, 6) is 1.74. The summed E-state index contributed by atoms with van der Waals surface area (Å²) in [5.41, 5.74) is 2.53. The Bertz CT molecular complexity index is 672. The van der Waals surface area contributed by atoms with Crippen molar-refractivity contribution >= 4 is 11.8 Å². The van der Waals surface area contributed by atoms with Crippen molar-refractivity contribution in [3.05, 3.63) is 35.4 Å². The van der Waals surface area contributed by atoms with Gasteiger partial charge in [0.1, 0.15) is 0 Å². The molecule has 1 aromatic rings. The molecule has 0 saturated carbocycles. The number of likely N-dealkylation sites (tertiary alicyclic amines) is 2. The molecule has 2 amide bonds. The first kappa shape index (κ1) is 20.8. The molecule has 0 spiro atoms. The summed E-state index contributed by atoms with van der Waals surface area (Å²) in [7, 11) is 0. The van der Waals surface area contributed by atoms with E-state index in [4.69, 9.17) is 0 Å². The van der Waals surface area contributed by atoms with Crippen molar-refractivity contribution in [2.24, 2.45) is 17.8 Å². The van der Waals surface area contributed by atoms with Crippen LogP contribution in [0.5, 0.6) is 0 Å². The number of benzene rings is 1. The Morgan fingerprint density at radius 1 is 1.04 bits per heavy atom. The van der Waals surface area contributed by atoms with Crippen LogP contribution in [-0.2, 0) is 22.7 Å². The molecule has 3 rings (SSSR count). The van der Waals surface area contributed by atoms with Crippen LogP contribution in [0.3, 0.4) is 0 Å². The van der Waals surface area contributed by atoms with Gasteiger partial charge in [0.2, 0.25) is 11.8 Å². The highest BCUT2D eigenvalue weighted by Crippen LogP contribution is 2.23. The van der Waals surface area contributed by atoms with Crippen LogP contribution < -0.4 is 5.32 Å². The van der Waals surface area contributed by atoms with E-state index in [0.29, 0.717) is 19.6 Å². The molecule has 0 aliphatic carbocycles. The fourth-order valence-electron chi connectivity index (χ4n) is 4.83. The molecule has 28 heavy (non-hydrogen) atoms. The second-order valence-corrected chi connectivity index (χ2v) is 8.91. The fraction of sp³-hybridized carbons (Fsp3) is 0.652. The van der Waals surface area contributed by atoms with E-state index in [1.54, 1.807) is 6.92 Å². The molecule has 2 aliphatic heterocycles. The van der Waals surface area contributed by atoms with E-state index in [-0.39, 0.29) is 17.7 Å². The Morgan fingerprint density at radius 2 is 1.64 bits per heavy atom. The summed E-state index contributed by atoms with van der Waals surface area (Å²) < 4.78 is 0. The quantitative estimate of drug-likeness (QED) is 0.848. The lowest BCUT2D eigenvalue weighted by atomic mass is 9.91. The zero-order valence-electron chi connectivity index (χ0n) is 17.6. The van der Waals surface area contributed by atoms with E-state index < -0.39 is 0 Å². The number of carbonyl (C=O) groups excluding carboxylic acids is 2. The number of nitrogens with zero attached hydrogens (tertiary/aromatic N) is 2. The fourth-order valence-corrected chi connectivity index (χ4v) is 4.83. The van der Waals surface area contributed by atoms with Crippen molar-refractivity contribution in [3.8, 4) is 0 Å². The number of hydrogen-bond acceptors (Lipinski definition) is 3.